The Morgan fingerprint density at radius 3 is 2.43 bits per heavy atom. The molecule has 0 fully saturated rings. The lowest BCUT2D eigenvalue weighted by atomic mass is 10.1. The lowest BCUT2D eigenvalue weighted by Crippen LogP contribution is -2.33. The lowest BCUT2D eigenvalue weighted by Gasteiger charge is -2.05. The van der Waals surface area contributed by atoms with Crippen LogP contribution in [0.2, 0.25) is 0 Å². The molecular weight excluding hydrogens is 300 g/mol. The van der Waals surface area contributed by atoms with Gasteiger partial charge >= 0.3 is 0 Å². The zero-order chi connectivity index (χ0) is 16.3. The molecule has 3 heteroatoms. The summed E-state index contributed by atoms with van der Waals surface area (Å²) in [7, 11) is 0. The predicted octanol–water partition coefficient (Wildman–Crippen LogP) is 5.51. The average Bonchev–Trinajstić information content (AvgIpc) is 3.01. The molecule has 0 saturated heterocycles. The molecule has 0 saturated carbocycles. The molecule has 1 aromatic heterocycles. The van der Waals surface area contributed by atoms with Crippen molar-refractivity contribution in [2.24, 2.45) is 0 Å². The van der Waals surface area contributed by atoms with Crippen LogP contribution in [0.25, 0.3) is 11.4 Å². The van der Waals surface area contributed by atoms with Gasteiger partial charge in [0.1, 0.15) is 18.3 Å². The van der Waals surface area contributed by atoms with E-state index in [1.165, 1.54) is 55.7 Å². The van der Waals surface area contributed by atoms with Gasteiger partial charge in [-0.05, 0) is 31.2 Å². The summed E-state index contributed by atoms with van der Waals surface area (Å²) < 4.78 is 4.72. The van der Waals surface area contributed by atoms with E-state index >= 15 is 0 Å². The van der Waals surface area contributed by atoms with E-state index in [4.69, 9.17) is 0 Å². The molecule has 1 heterocycles. The molecule has 2 rings (SSSR count). The van der Waals surface area contributed by atoms with E-state index in [9.17, 15) is 0 Å². The third-order valence-corrected chi connectivity index (χ3v) is 5.25. The van der Waals surface area contributed by atoms with Crippen molar-refractivity contribution in [3.05, 3.63) is 42.7 Å². The van der Waals surface area contributed by atoms with E-state index in [0.717, 1.165) is 12.4 Å². The fourth-order valence-corrected chi connectivity index (χ4v) is 3.84. The second kappa shape index (κ2) is 10.5. The maximum atomic E-state index is 2.39. The van der Waals surface area contributed by atoms with Gasteiger partial charge in [-0.15, -0.1) is 11.8 Å². The molecule has 126 valence electrons. The van der Waals surface area contributed by atoms with Crippen molar-refractivity contribution in [3.8, 4) is 11.4 Å². The minimum Gasteiger partial charge on any atom is -0.230 e. The molecule has 2 nitrogen and oxygen atoms in total. The van der Waals surface area contributed by atoms with E-state index in [-0.39, 0.29) is 0 Å². The molecule has 0 bridgehead atoms. The van der Waals surface area contributed by atoms with Crippen LogP contribution in [0.15, 0.2) is 42.7 Å². The normalized spacial score (nSPS) is 11.0. The van der Waals surface area contributed by atoms with E-state index in [0.29, 0.717) is 0 Å². The molecule has 0 aliphatic carbocycles. The number of hydrogen-bond acceptors (Lipinski definition) is 1. The first-order chi connectivity index (χ1) is 11.4. The number of unbranched alkanes of at least 4 members (excludes halogenated alkanes) is 5. The second-order valence-electron chi connectivity index (χ2n) is 6.05. The third-order valence-electron chi connectivity index (χ3n) is 4.22. The first-order valence-corrected chi connectivity index (χ1v) is 10.2. The largest absolute Gasteiger partial charge is 0.289 e. The number of benzene rings is 1. The molecule has 0 aliphatic heterocycles. The quantitative estimate of drug-likeness (QED) is 0.389. The summed E-state index contributed by atoms with van der Waals surface area (Å²) in [4.78, 5) is 0. The SMILES string of the molecule is CCCCCCCCSC[n+]1ccn(CC)c1-c1ccccc1. The fraction of sp³-hybridized carbons (Fsp3) is 0.550. The van der Waals surface area contributed by atoms with Crippen molar-refractivity contribution in [1.29, 1.82) is 0 Å². The van der Waals surface area contributed by atoms with Crippen LogP contribution < -0.4 is 4.57 Å². The molecule has 0 radical (unpaired) electrons. The molecule has 0 atom stereocenters. The fourth-order valence-electron chi connectivity index (χ4n) is 2.89. The predicted molar refractivity (Wildman–Crippen MR) is 102 cm³/mol. The molecule has 0 N–H and O–H groups in total. The van der Waals surface area contributed by atoms with Crippen molar-refractivity contribution >= 4 is 11.8 Å². The Morgan fingerprint density at radius 2 is 1.70 bits per heavy atom. The van der Waals surface area contributed by atoms with Crippen LogP contribution in [0, 0.1) is 0 Å². The Bertz CT molecular complexity index is 548. The Hall–Kier alpha value is -1.22. The minimum absolute atomic E-state index is 1.01. The standard InChI is InChI=1S/C20H31N2S/c1-3-5-6-7-8-12-17-23-18-22-16-15-21(4-2)20(22)19-13-10-9-11-14-19/h9-11,13-16H,3-8,12,17-18H2,1-2H3/q+1. The summed E-state index contributed by atoms with van der Waals surface area (Å²) in [6.45, 7) is 5.50. The number of imidazole rings is 1. The Labute approximate surface area is 145 Å². The number of rotatable bonds is 11. The van der Waals surface area contributed by atoms with Crippen LogP contribution in [0.4, 0.5) is 0 Å². The highest BCUT2D eigenvalue weighted by atomic mass is 32.2. The second-order valence-corrected chi connectivity index (χ2v) is 7.12. The van der Waals surface area contributed by atoms with Gasteiger partial charge in [0.25, 0.3) is 5.82 Å². The van der Waals surface area contributed by atoms with Gasteiger partial charge in [0.15, 0.2) is 0 Å². The van der Waals surface area contributed by atoms with E-state index in [2.05, 4.69) is 77.5 Å². The molecule has 0 spiro atoms. The third kappa shape index (κ3) is 5.72. The molecule has 0 amide bonds. The van der Waals surface area contributed by atoms with Crippen LogP contribution >= 0.6 is 11.8 Å². The highest BCUT2D eigenvalue weighted by molar-refractivity contribution is 7.98. The number of aryl methyl sites for hydroxylation is 1. The molecule has 1 aromatic carbocycles. The summed E-state index contributed by atoms with van der Waals surface area (Å²) in [5, 5.41) is 0. The van der Waals surface area contributed by atoms with Gasteiger partial charge in [0.05, 0.1) is 12.1 Å². The maximum absolute atomic E-state index is 2.39. The van der Waals surface area contributed by atoms with Crippen molar-refractivity contribution in [2.45, 2.75) is 64.8 Å². The molecule has 2 aromatic rings. The van der Waals surface area contributed by atoms with Gasteiger partial charge < -0.3 is 0 Å². The summed E-state index contributed by atoms with van der Waals surface area (Å²) >= 11 is 2.05. The summed E-state index contributed by atoms with van der Waals surface area (Å²) in [5.74, 6) is 3.64. The van der Waals surface area contributed by atoms with E-state index in [1.54, 1.807) is 0 Å². The van der Waals surface area contributed by atoms with Crippen molar-refractivity contribution in [1.82, 2.24) is 4.57 Å². The molecule has 0 aliphatic rings. The highest BCUT2D eigenvalue weighted by Gasteiger charge is 2.17. The molecule has 23 heavy (non-hydrogen) atoms. The van der Waals surface area contributed by atoms with Crippen LogP contribution in [0.3, 0.4) is 0 Å². The monoisotopic (exact) mass is 331 g/mol. The van der Waals surface area contributed by atoms with Crippen molar-refractivity contribution < 1.29 is 4.57 Å². The van der Waals surface area contributed by atoms with Crippen LogP contribution in [-0.2, 0) is 12.4 Å². The lowest BCUT2D eigenvalue weighted by molar-refractivity contribution is -0.664. The minimum atomic E-state index is 1.01. The number of thioether (sulfide) groups is 1. The summed E-state index contributed by atoms with van der Waals surface area (Å²) in [5.41, 5.74) is 1.31. The average molecular weight is 332 g/mol. The number of aromatic nitrogens is 2. The summed E-state index contributed by atoms with van der Waals surface area (Å²) in [6, 6.07) is 10.7. The maximum Gasteiger partial charge on any atom is 0.289 e. The zero-order valence-electron chi connectivity index (χ0n) is 14.7. The van der Waals surface area contributed by atoms with Crippen LogP contribution in [-0.4, -0.2) is 10.3 Å². The first kappa shape index (κ1) is 18.1. The highest BCUT2D eigenvalue weighted by Crippen LogP contribution is 2.17. The van der Waals surface area contributed by atoms with E-state index in [1.807, 2.05) is 0 Å². The smallest absolute Gasteiger partial charge is 0.230 e. The van der Waals surface area contributed by atoms with Crippen LogP contribution in [0.1, 0.15) is 52.4 Å². The van der Waals surface area contributed by atoms with Gasteiger partial charge in [-0.2, -0.15) is 0 Å². The first-order valence-electron chi connectivity index (χ1n) is 9.08. The van der Waals surface area contributed by atoms with Crippen molar-refractivity contribution in [3.63, 3.8) is 0 Å². The topological polar surface area (TPSA) is 8.81 Å². The molecule has 0 unspecified atom stereocenters. The Kier molecular flexibility index (Phi) is 8.30. The van der Waals surface area contributed by atoms with E-state index < -0.39 is 0 Å². The van der Waals surface area contributed by atoms with Gasteiger partial charge in [-0.1, -0.05) is 57.2 Å². The van der Waals surface area contributed by atoms with Gasteiger partial charge in [0, 0.05) is 0 Å². The van der Waals surface area contributed by atoms with Crippen LogP contribution in [0.5, 0.6) is 0 Å². The van der Waals surface area contributed by atoms with Gasteiger partial charge in [-0.3, -0.25) is 0 Å². The summed E-state index contributed by atoms with van der Waals surface area (Å²) in [6.07, 6.45) is 12.7. The Balaban J connectivity index is 1.83. The number of hydrogen-bond donors (Lipinski definition) is 0. The van der Waals surface area contributed by atoms with Gasteiger partial charge in [0.2, 0.25) is 0 Å². The van der Waals surface area contributed by atoms with Crippen molar-refractivity contribution in [2.75, 3.05) is 5.75 Å². The van der Waals surface area contributed by atoms with Gasteiger partial charge in [-0.25, -0.2) is 9.13 Å². The Morgan fingerprint density at radius 1 is 0.957 bits per heavy atom. The number of nitrogens with zero attached hydrogens (tertiary/aromatic N) is 2. The zero-order valence-corrected chi connectivity index (χ0v) is 15.5. The molecular formula is C20H31N2S+.